The zero-order valence-electron chi connectivity index (χ0n) is 12.0. The van der Waals surface area contributed by atoms with E-state index in [-0.39, 0.29) is 11.2 Å². The van der Waals surface area contributed by atoms with Crippen LogP contribution in [0.3, 0.4) is 0 Å². The molecule has 1 atom stereocenters. The van der Waals surface area contributed by atoms with Gasteiger partial charge in [0.2, 0.25) is 5.91 Å². The van der Waals surface area contributed by atoms with Crippen LogP contribution < -0.4 is 0 Å². The number of aryl methyl sites for hydroxylation is 2. The first-order valence-corrected chi connectivity index (χ1v) is 8.84. The molecule has 0 N–H and O–H groups in total. The highest BCUT2D eigenvalue weighted by atomic mass is 32.2. The highest BCUT2D eigenvalue weighted by Gasteiger charge is 2.32. The Morgan fingerprint density at radius 3 is 2.65 bits per heavy atom. The van der Waals surface area contributed by atoms with Crippen LogP contribution in [0.4, 0.5) is 0 Å². The van der Waals surface area contributed by atoms with Crippen molar-refractivity contribution >= 4 is 15.7 Å². The van der Waals surface area contributed by atoms with Gasteiger partial charge in [0.05, 0.1) is 5.25 Å². The summed E-state index contributed by atoms with van der Waals surface area (Å²) in [6.07, 6.45) is 2.97. The quantitative estimate of drug-likeness (QED) is 0.847. The zero-order valence-corrected chi connectivity index (χ0v) is 12.8. The van der Waals surface area contributed by atoms with E-state index in [1.54, 1.807) is 4.90 Å². The van der Waals surface area contributed by atoms with E-state index in [9.17, 15) is 13.2 Å². The fraction of sp³-hybridized carbons (Fsp3) is 0.533. The van der Waals surface area contributed by atoms with Gasteiger partial charge in [0.25, 0.3) is 0 Å². The number of sulfone groups is 1. The molecule has 1 unspecified atom stereocenters. The predicted octanol–water partition coefficient (Wildman–Crippen LogP) is 1.57. The van der Waals surface area contributed by atoms with Crippen molar-refractivity contribution in [3.05, 3.63) is 35.4 Å². The molecule has 1 saturated heterocycles. The Hall–Kier alpha value is -1.36. The maximum absolute atomic E-state index is 12.1. The first-order valence-electron chi connectivity index (χ1n) is 6.89. The summed E-state index contributed by atoms with van der Waals surface area (Å²) in [6, 6.07) is 8.03. The standard InChI is InChI=1S/C15H21NO3S/c1-12-5-3-4-6-13(12)7-8-15(17)16-10-9-14(11-16)20(2,18)19/h3-6,14H,7-11H2,1-2H3. The Balaban J connectivity index is 1.89. The van der Waals surface area contributed by atoms with Gasteiger partial charge in [-0.05, 0) is 30.9 Å². The van der Waals surface area contributed by atoms with Crippen LogP contribution >= 0.6 is 0 Å². The Labute approximate surface area is 120 Å². The van der Waals surface area contributed by atoms with E-state index >= 15 is 0 Å². The topological polar surface area (TPSA) is 54.5 Å². The van der Waals surface area contributed by atoms with Crippen molar-refractivity contribution in [1.29, 1.82) is 0 Å². The van der Waals surface area contributed by atoms with E-state index in [2.05, 4.69) is 0 Å². The highest BCUT2D eigenvalue weighted by molar-refractivity contribution is 7.91. The molecule has 1 heterocycles. The predicted molar refractivity (Wildman–Crippen MR) is 79.3 cm³/mol. The maximum Gasteiger partial charge on any atom is 0.222 e. The van der Waals surface area contributed by atoms with Crippen molar-refractivity contribution in [2.75, 3.05) is 19.3 Å². The van der Waals surface area contributed by atoms with Crippen LogP contribution in [0, 0.1) is 6.92 Å². The highest BCUT2D eigenvalue weighted by Crippen LogP contribution is 2.18. The number of benzene rings is 1. The molecule has 1 aromatic rings. The largest absolute Gasteiger partial charge is 0.341 e. The number of hydrogen-bond acceptors (Lipinski definition) is 3. The summed E-state index contributed by atoms with van der Waals surface area (Å²) >= 11 is 0. The van der Waals surface area contributed by atoms with E-state index in [4.69, 9.17) is 0 Å². The van der Waals surface area contributed by atoms with E-state index in [0.717, 1.165) is 0 Å². The number of carbonyl (C=O) groups excluding carboxylic acids is 1. The van der Waals surface area contributed by atoms with Gasteiger partial charge in [-0.25, -0.2) is 8.42 Å². The molecule has 0 bridgehead atoms. The number of likely N-dealkylation sites (tertiary alicyclic amines) is 1. The average molecular weight is 295 g/mol. The first-order chi connectivity index (χ1) is 9.38. The van der Waals surface area contributed by atoms with Crippen LogP contribution in [0.15, 0.2) is 24.3 Å². The lowest BCUT2D eigenvalue weighted by Gasteiger charge is -2.16. The molecule has 110 valence electrons. The zero-order chi connectivity index (χ0) is 14.8. The fourth-order valence-corrected chi connectivity index (χ4v) is 3.58. The van der Waals surface area contributed by atoms with Gasteiger partial charge in [0, 0.05) is 25.8 Å². The van der Waals surface area contributed by atoms with Crippen molar-refractivity contribution in [3.63, 3.8) is 0 Å². The monoisotopic (exact) mass is 295 g/mol. The minimum atomic E-state index is -3.04. The summed E-state index contributed by atoms with van der Waals surface area (Å²) in [5, 5.41) is -0.384. The molecule has 1 fully saturated rings. The van der Waals surface area contributed by atoms with Gasteiger partial charge in [-0.15, -0.1) is 0 Å². The summed E-state index contributed by atoms with van der Waals surface area (Å²) < 4.78 is 23.0. The fourth-order valence-electron chi connectivity index (χ4n) is 2.59. The van der Waals surface area contributed by atoms with Crippen LogP contribution in [0.25, 0.3) is 0 Å². The van der Waals surface area contributed by atoms with Crippen molar-refractivity contribution in [2.24, 2.45) is 0 Å². The molecular formula is C15H21NO3S. The van der Waals surface area contributed by atoms with E-state index < -0.39 is 9.84 Å². The van der Waals surface area contributed by atoms with Gasteiger partial charge >= 0.3 is 0 Å². The summed E-state index contributed by atoms with van der Waals surface area (Å²) in [5.41, 5.74) is 2.37. The number of carbonyl (C=O) groups is 1. The Morgan fingerprint density at radius 1 is 1.35 bits per heavy atom. The van der Waals surface area contributed by atoms with E-state index in [0.29, 0.717) is 32.4 Å². The van der Waals surface area contributed by atoms with Gasteiger partial charge in [-0.3, -0.25) is 4.79 Å². The van der Waals surface area contributed by atoms with E-state index in [1.165, 1.54) is 17.4 Å². The van der Waals surface area contributed by atoms with Crippen LogP contribution in [0.2, 0.25) is 0 Å². The molecule has 5 heteroatoms. The molecule has 2 rings (SSSR count). The molecule has 1 amide bonds. The van der Waals surface area contributed by atoms with Crippen LogP contribution in [0.1, 0.15) is 24.0 Å². The minimum absolute atomic E-state index is 0.0550. The third kappa shape index (κ3) is 3.60. The SMILES string of the molecule is Cc1ccccc1CCC(=O)N1CCC(S(C)(=O)=O)C1. The summed E-state index contributed by atoms with van der Waals surface area (Å²) in [5.74, 6) is 0.0550. The lowest BCUT2D eigenvalue weighted by atomic mass is 10.0. The summed E-state index contributed by atoms with van der Waals surface area (Å²) in [4.78, 5) is 13.8. The molecule has 1 aliphatic rings. The Morgan fingerprint density at radius 2 is 2.05 bits per heavy atom. The number of amides is 1. The normalized spacial score (nSPS) is 19.3. The Kier molecular flexibility index (Phi) is 4.48. The maximum atomic E-state index is 12.1. The van der Waals surface area contributed by atoms with Gasteiger partial charge in [-0.2, -0.15) is 0 Å². The van der Waals surface area contributed by atoms with Crippen LogP contribution in [-0.2, 0) is 21.1 Å². The Bertz CT molecular complexity index is 595. The molecule has 0 aromatic heterocycles. The number of hydrogen-bond donors (Lipinski definition) is 0. The molecule has 1 aliphatic heterocycles. The number of rotatable bonds is 4. The smallest absolute Gasteiger partial charge is 0.222 e. The molecule has 0 radical (unpaired) electrons. The van der Waals surface area contributed by atoms with Crippen molar-refractivity contribution in [1.82, 2.24) is 4.90 Å². The lowest BCUT2D eigenvalue weighted by Crippen LogP contribution is -2.31. The second-order valence-electron chi connectivity index (χ2n) is 5.51. The molecule has 1 aromatic carbocycles. The van der Waals surface area contributed by atoms with Gasteiger partial charge in [0.1, 0.15) is 0 Å². The second-order valence-corrected chi connectivity index (χ2v) is 7.83. The van der Waals surface area contributed by atoms with Crippen molar-refractivity contribution < 1.29 is 13.2 Å². The average Bonchev–Trinajstić information content (AvgIpc) is 2.87. The molecule has 4 nitrogen and oxygen atoms in total. The molecule has 20 heavy (non-hydrogen) atoms. The lowest BCUT2D eigenvalue weighted by molar-refractivity contribution is -0.130. The van der Waals surface area contributed by atoms with Gasteiger partial charge in [0.15, 0.2) is 9.84 Å². The molecule has 0 saturated carbocycles. The first kappa shape index (κ1) is 15.0. The van der Waals surface area contributed by atoms with E-state index in [1.807, 2.05) is 31.2 Å². The van der Waals surface area contributed by atoms with Crippen LogP contribution in [0.5, 0.6) is 0 Å². The molecular weight excluding hydrogens is 274 g/mol. The summed E-state index contributed by atoms with van der Waals surface area (Å²) in [7, 11) is -3.04. The van der Waals surface area contributed by atoms with Crippen molar-refractivity contribution in [3.8, 4) is 0 Å². The third-order valence-electron chi connectivity index (χ3n) is 3.97. The van der Waals surface area contributed by atoms with Gasteiger partial charge < -0.3 is 4.90 Å². The van der Waals surface area contributed by atoms with Crippen molar-refractivity contribution in [2.45, 2.75) is 31.4 Å². The van der Waals surface area contributed by atoms with Crippen LogP contribution in [-0.4, -0.2) is 43.8 Å². The molecule has 0 spiro atoms. The third-order valence-corrected chi connectivity index (χ3v) is 5.57. The summed E-state index contributed by atoms with van der Waals surface area (Å²) in [6.45, 7) is 2.95. The minimum Gasteiger partial charge on any atom is -0.341 e. The number of nitrogens with zero attached hydrogens (tertiary/aromatic N) is 1. The second kappa shape index (κ2) is 5.95. The van der Waals surface area contributed by atoms with Gasteiger partial charge in [-0.1, -0.05) is 24.3 Å². The molecule has 0 aliphatic carbocycles.